The molecule has 3 N–H and O–H groups in total. The highest BCUT2D eigenvalue weighted by Gasteiger charge is 2.33. The first-order valence-electron chi connectivity index (χ1n) is 9.60. The molecule has 7 heteroatoms. The first-order chi connectivity index (χ1) is 13.1. The zero-order valence-corrected chi connectivity index (χ0v) is 17.4. The number of aryl methyl sites for hydroxylation is 2. The van der Waals surface area contributed by atoms with Crippen molar-refractivity contribution in [2.24, 2.45) is 5.73 Å². The van der Waals surface area contributed by atoms with E-state index in [4.69, 9.17) is 5.73 Å². The molecule has 5 nitrogen and oxygen atoms in total. The summed E-state index contributed by atoms with van der Waals surface area (Å²) in [6.45, 7) is 1.16. The first kappa shape index (κ1) is 20.8. The lowest BCUT2D eigenvalue weighted by Crippen LogP contribution is -2.39. The highest BCUT2D eigenvalue weighted by Crippen LogP contribution is 2.29. The van der Waals surface area contributed by atoms with Gasteiger partial charge < -0.3 is 16.0 Å². The highest BCUT2D eigenvalue weighted by molar-refractivity contribution is 7.14. The van der Waals surface area contributed by atoms with Crippen molar-refractivity contribution in [2.75, 3.05) is 19.6 Å². The minimum Gasteiger partial charge on any atom is -0.342 e. The van der Waals surface area contributed by atoms with Gasteiger partial charge in [0.2, 0.25) is 5.91 Å². The lowest BCUT2D eigenvalue weighted by Gasteiger charge is -2.16. The van der Waals surface area contributed by atoms with E-state index >= 15 is 0 Å². The van der Waals surface area contributed by atoms with Crippen LogP contribution in [-0.4, -0.2) is 42.4 Å². The fourth-order valence-electron chi connectivity index (χ4n) is 4.04. The minimum atomic E-state index is -0.147. The Labute approximate surface area is 175 Å². The summed E-state index contributed by atoms with van der Waals surface area (Å²) in [5.74, 6) is -0.0701. The third kappa shape index (κ3) is 4.40. The molecule has 0 unspecified atom stereocenters. The molecule has 4 rings (SSSR count). The van der Waals surface area contributed by atoms with Crippen molar-refractivity contribution in [1.82, 2.24) is 10.2 Å². The topological polar surface area (TPSA) is 75.4 Å². The molecular weight excluding hydrogens is 394 g/mol. The number of amides is 2. The largest absolute Gasteiger partial charge is 0.342 e. The average molecular weight is 420 g/mol. The van der Waals surface area contributed by atoms with Crippen molar-refractivity contribution in [3.63, 3.8) is 0 Å². The third-order valence-corrected chi connectivity index (χ3v) is 6.80. The average Bonchev–Trinajstić information content (AvgIpc) is 3.30. The molecule has 2 atom stereocenters. The van der Waals surface area contributed by atoms with Gasteiger partial charge in [0.1, 0.15) is 0 Å². The van der Waals surface area contributed by atoms with E-state index in [1.54, 1.807) is 16.2 Å². The number of thiophene rings is 1. The number of halogens is 1. The standard InChI is InChI=1S/C21H25N3O2S.ClH/c22-17-13-24(12-16(17)14-6-2-1-3-7-14)20(25)11-23-21(26)19-10-15-8-4-5-9-18(15)27-19;/h1-3,6-7,10,16-17H,4-5,8-9,11-13,22H2,(H,23,26);1H/t16-,17+;/m0./s1. The van der Waals surface area contributed by atoms with E-state index in [-0.39, 0.29) is 42.7 Å². The van der Waals surface area contributed by atoms with E-state index < -0.39 is 0 Å². The number of benzene rings is 1. The number of carbonyl (C=O) groups excluding carboxylic acids is 2. The van der Waals surface area contributed by atoms with Crippen LogP contribution in [0.15, 0.2) is 36.4 Å². The van der Waals surface area contributed by atoms with Gasteiger partial charge in [-0.05, 0) is 42.9 Å². The van der Waals surface area contributed by atoms with Crippen LogP contribution in [0.1, 0.15) is 44.4 Å². The second kappa shape index (κ2) is 9.07. The Hall–Kier alpha value is -1.89. The zero-order valence-electron chi connectivity index (χ0n) is 15.7. The SMILES string of the molecule is Cl.N[C@@H]1CN(C(=O)CNC(=O)c2cc3c(s2)CCCC3)C[C@H]1c1ccccc1. The molecule has 1 aromatic carbocycles. The van der Waals surface area contributed by atoms with Crippen molar-refractivity contribution in [2.45, 2.75) is 37.6 Å². The molecule has 1 saturated heterocycles. The van der Waals surface area contributed by atoms with E-state index in [1.165, 1.54) is 23.3 Å². The van der Waals surface area contributed by atoms with Gasteiger partial charge in [-0.3, -0.25) is 9.59 Å². The van der Waals surface area contributed by atoms with Gasteiger partial charge in [0.15, 0.2) is 0 Å². The summed E-state index contributed by atoms with van der Waals surface area (Å²) in [4.78, 5) is 28.8. The number of fused-ring (bicyclic) bond motifs is 1. The minimum absolute atomic E-state index is 0. The highest BCUT2D eigenvalue weighted by atomic mass is 35.5. The maximum absolute atomic E-state index is 12.6. The Morgan fingerprint density at radius 2 is 1.89 bits per heavy atom. The monoisotopic (exact) mass is 419 g/mol. The second-order valence-electron chi connectivity index (χ2n) is 7.43. The van der Waals surface area contributed by atoms with Crippen LogP contribution in [0.3, 0.4) is 0 Å². The van der Waals surface area contributed by atoms with Gasteiger partial charge in [0.05, 0.1) is 11.4 Å². The number of rotatable bonds is 4. The molecule has 150 valence electrons. The molecule has 1 aromatic heterocycles. The van der Waals surface area contributed by atoms with E-state index in [2.05, 4.69) is 17.4 Å². The quantitative estimate of drug-likeness (QED) is 0.800. The summed E-state index contributed by atoms with van der Waals surface area (Å²) >= 11 is 1.57. The molecule has 0 spiro atoms. The molecule has 1 aliphatic heterocycles. The summed E-state index contributed by atoms with van der Waals surface area (Å²) in [5.41, 5.74) is 8.73. The molecule has 2 aromatic rings. The Balaban J connectivity index is 0.00000225. The Morgan fingerprint density at radius 1 is 1.14 bits per heavy atom. The summed E-state index contributed by atoms with van der Waals surface area (Å²) in [5, 5.41) is 2.79. The van der Waals surface area contributed by atoms with Crippen LogP contribution in [0.2, 0.25) is 0 Å². The van der Waals surface area contributed by atoms with Crippen LogP contribution in [0, 0.1) is 0 Å². The first-order valence-corrected chi connectivity index (χ1v) is 10.4. The van der Waals surface area contributed by atoms with Crippen LogP contribution in [-0.2, 0) is 17.6 Å². The summed E-state index contributed by atoms with van der Waals surface area (Å²) in [6, 6.07) is 12.0. The predicted molar refractivity (Wildman–Crippen MR) is 114 cm³/mol. The van der Waals surface area contributed by atoms with E-state index in [0.717, 1.165) is 23.3 Å². The number of likely N-dealkylation sites (tertiary alicyclic amines) is 1. The molecule has 2 heterocycles. The molecule has 2 amide bonds. The lowest BCUT2D eigenvalue weighted by atomic mass is 9.95. The van der Waals surface area contributed by atoms with Crippen molar-refractivity contribution in [3.8, 4) is 0 Å². The smallest absolute Gasteiger partial charge is 0.261 e. The molecular formula is C21H26ClN3O2S. The van der Waals surface area contributed by atoms with Crippen LogP contribution >= 0.6 is 23.7 Å². The van der Waals surface area contributed by atoms with Crippen molar-refractivity contribution in [1.29, 1.82) is 0 Å². The van der Waals surface area contributed by atoms with Crippen molar-refractivity contribution >= 4 is 35.6 Å². The molecule has 0 saturated carbocycles. The predicted octanol–water partition coefficient (Wildman–Crippen LogP) is 2.73. The van der Waals surface area contributed by atoms with Gasteiger partial charge in [-0.15, -0.1) is 23.7 Å². The van der Waals surface area contributed by atoms with Crippen LogP contribution in [0.25, 0.3) is 0 Å². The molecule has 2 aliphatic rings. The second-order valence-corrected chi connectivity index (χ2v) is 8.57. The van der Waals surface area contributed by atoms with Crippen LogP contribution < -0.4 is 11.1 Å². The van der Waals surface area contributed by atoms with Gasteiger partial charge >= 0.3 is 0 Å². The Bertz CT molecular complexity index is 816. The third-order valence-electron chi connectivity index (χ3n) is 5.57. The Morgan fingerprint density at radius 3 is 2.64 bits per heavy atom. The number of hydrogen-bond donors (Lipinski definition) is 2. The molecule has 28 heavy (non-hydrogen) atoms. The van der Waals surface area contributed by atoms with Crippen LogP contribution in [0.5, 0.6) is 0 Å². The summed E-state index contributed by atoms with van der Waals surface area (Å²) < 4.78 is 0. The fraction of sp³-hybridized carbons (Fsp3) is 0.429. The van der Waals surface area contributed by atoms with Gasteiger partial charge in [0, 0.05) is 29.9 Å². The maximum atomic E-state index is 12.6. The van der Waals surface area contributed by atoms with E-state index in [0.29, 0.717) is 13.1 Å². The molecule has 0 radical (unpaired) electrons. The van der Waals surface area contributed by atoms with E-state index in [1.807, 2.05) is 24.3 Å². The number of nitrogens with zero attached hydrogens (tertiary/aromatic N) is 1. The number of hydrogen-bond acceptors (Lipinski definition) is 4. The number of nitrogens with two attached hydrogens (primary N) is 1. The van der Waals surface area contributed by atoms with E-state index in [9.17, 15) is 9.59 Å². The Kier molecular flexibility index (Phi) is 6.75. The van der Waals surface area contributed by atoms with Crippen molar-refractivity contribution < 1.29 is 9.59 Å². The normalized spacial score (nSPS) is 21.0. The molecule has 1 fully saturated rings. The zero-order chi connectivity index (χ0) is 18.8. The van der Waals surface area contributed by atoms with Crippen LogP contribution in [0.4, 0.5) is 0 Å². The van der Waals surface area contributed by atoms with Gasteiger partial charge in [0.25, 0.3) is 5.91 Å². The maximum Gasteiger partial charge on any atom is 0.261 e. The number of carbonyl (C=O) groups is 2. The lowest BCUT2D eigenvalue weighted by molar-refractivity contribution is -0.129. The van der Waals surface area contributed by atoms with Crippen molar-refractivity contribution in [3.05, 3.63) is 57.3 Å². The van der Waals surface area contributed by atoms with Gasteiger partial charge in [-0.2, -0.15) is 0 Å². The molecule has 1 aliphatic carbocycles. The molecule has 0 bridgehead atoms. The summed E-state index contributed by atoms with van der Waals surface area (Å²) in [6.07, 6.45) is 4.52. The van der Waals surface area contributed by atoms with Gasteiger partial charge in [-0.25, -0.2) is 0 Å². The van der Waals surface area contributed by atoms with Gasteiger partial charge in [-0.1, -0.05) is 30.3 Å². The fourth-order valence-corrected chi connectivity index (χ4v) is 5.21. The summed E-state index contributed by atoms with van der Waals surface area (Å²) in [7, 11) is 0. The number of nitrogens with one attached hydrogen (secondary N) is 1.